The van der Waals surface area contributed by atoms with Crippen LogP contribution in [-0.4, -0.2) is 9.13 Å². The Labute approximate surface area is 372 Å². The predicted molar refractivity (Wildman–Crippen MR) is 270 cm³/mol. The van der Waals surface area contributed by atoms with Crippen molar-refractivity contribution < 1.29 is 0 Å². The maximum Gasteiger partial charge on any atom is 0.0641 e. The quantitative estimate of drug-likeness (QED) is 0.163. The average molecular weight is 818 g/mol. The lowest BCUT2D eigenvalue weighted by Crippen LogP contribution is -2.16. The van der Waals surface area contributed by atoms with Crippen LogP contribution in [0.2, 0.25) is 0 Å². The Bertz CT molecular complexity index is 3800. The minimum Gasteiger partial charge on any atom is -0.310 e. The maximum absolute atomic E-state index is 2.47. The summed E-state index contributed by atoms with van der Waals surface area (Å²) in [5, 5.41) is 7.44. The number of aromatic nitrogens is 2. The molecule has 0 atom stereocenters. The highest BCUT2D eigenvalue weighted by Gasteiger charge is 2.35. The van der Waals surface area contributed by atoms with Gasteiger partial charge in [0.1, 0.15) is 0 Å². The molecule has 2 aromatic heterocycles. The predicted octanol–water partition coefficient (Wildman–Crippen LogP) is 16.5. The number of nitrogens with zero attached hydrogens (tertiary/aromatic N) is 3. The number of rotatable bonds is 6. The molecule has 13 rings (SSSR count). The van der Waals surface area contributed by atoms with Gasteiger partial charge in [0.2, 0.25) is 0 Å². The first-order chi connectivity index (χ1) is 31.5. The van der Waals surface area contributed by atoms with Crippen molar-refractivity contribution in [1.82, 2.24) is 9.13 Å². The third-order valence-corrected chi connectivity index (χ3v) is 13.9. The number of hydrogen-bond donors (Lipinski definition) is 0. The summed E-state index contributed by atoms with van der Waals surface area (Å²) in [6, 6.07) is 82.6. The average Bonchev–Trinajstić information content (AvgIpc) is 3.95. The molecular formula is C61H43N3. The molecule has 10 aromatic carbocycles. The molecule has 1 aliphatic rings. The van der Waals surface area contributed by atoms with Crippen LogP contribution in [0.3, 0.4) is 0 Å². The molecule has 0 radical (unpaired) electrons. The van der Waals surface area contributed by atoms with Crippen LogP contribution in [0, 0.1) is 0 Å². The van der Waals surface area contributed by atoms with Gasteiger partial charge in [-0.1, -0.05) is 153 Å². The summed E-state index contributed by atoms with van der Waals surface area (Å²) >= 11 is 0. The van der Waals surface area contributed by atoms with E-state index in [2.05, 4.69) is 252 Å². The summed E-state index contributed by atoms with van der Waals surface area (Å²) in [6.45, 7) is 4.71. The third-order valence-electron chi connectivity index (χ3n) is 13.9. The number of fused-ring (bicyclic) bond motifs is 11. The monoisotopic (exact) mass is 817 g/mol. The third kappa shape index (κ3) is 5.41. The highest BCUT2D eigenvalue weighted by Crippen LogP contribution is 2.51. The van der Waals surface area contributed by atoms with Crippen LogP contribution < -0.4 is 4.90 Å². The van der Waals surface area contributed by atoms with Crippen molar-refractivity contribution >= 4 is 71.4 Å². The number of para-hydroxylation sites is 3. The van der Waals surface area contributed by atoms with E-state index in [4.69, 9.17) is 0 Å². The SMILES string of the molecule is CC1(C)c2ccccc2-c2ccc(N(c3ccc(-c4ccc5c(c4)c4ccc6c(c7ccccc7n6-c6ccccc6)c4n5-c4ccccc4)cc3)c3ccc4ccccc4c3)cc21. The van der Waals surface area contributed by atoms with Gasteiger partial charge in [-0.25, -0.2) is 0 Å². The van der Waals surface area contributed by atoms with Gasteiger partial charge in [-0.05, 0) is 129 Å². The molecule has 0 unspecified atom stereocenters. The van der Waals surface area contributed by atoms with Crippen molar-refractivity contribution in [1.29, 1.82) is 0 Å². The van der Waals surface area contributed by atoms with Crippen LogP contribution >= 0.6 is 0 Å². The maximum atomic E-state index is 2.47. The van der Waals surface area contributed by atoms with Crippen molar-refractivity contribution in [3.63, 3.8) is 0 Å². The molecule has 0 bridgehead atoms. The van der Waals surface area contributed by atoms with Crippen molar-refractivity contribution in [2.45, 2.75) is 19.3 Å². The van der Waals surface area contributed by atoms with E-state index in [0.29, 0.717) is 0 Å². The van der Waals surface area contributed by atoms with Crippen LogP contribution in [0.5, 0.6) is 0 Å². The van der Waals surface area contributed by atoms with Crippen LogP contribution in [0.25, 0.3) is 88.0 Å². The van der Waals surface area contributed by atoms with E-state index in [-0.39, 0.29) is 5.41 Å². The molecule has 12 aromatic rings. The van der Waals surface area contributed by atoms with Gasteiger partial charge in [-0.3, -0.25) is 0 Å². The zero-order chi connectivity index (χ0) is 42.5. The molecule has 1 aliphatic carbocycles. The Morgan fingerprint density at radius 3 is 1.77 bits per heavy atom. The van der Waals surface area contributed by atoms with E-state index in [0.717, 1.165) is 28.4 Å². The zero-order valence-corrected chi connectivity index (χ0v) is 35.7. The standard InChI is InChI=1S/C61H43N3/c1-61(2)54-23-13-11-21-49(54)50-33-32-48(39-55(50)61)62(47-31-27-40-15-9-10-16-42(40)37-47)46-29-25-41(26-30-46)43-28-35-57-53(38-43)51-34-36-58-59(60(51)64(57)45-19-7-4-8-20-45)52-22-12-14-24-56(52)63(58)44-17-5-3-6-18-44/h3-39H,1-2H3. The summed E-state index contributed by atoms with van der Waals surface area (Å²) in [4.78, 5) is 2.42. The zero-order valence-electron chi connectivity index (χ0n) is 35.7. The summed E-state index contributed by atoms with van der Waals surface area (Å²) in [6.07, 6.45) is 0. The Hall–Kier alpha value is -8.14. The molecule has 3 heteroatoms. The van der Waals surface area contributed by atoms with Gasteiger partial charge < -0.3 is 14.0 Å². The Kier molecular flexibility index (Phi) is 7.95. The summed E-state index contributed by atoms with van der Waals surface area (Å²) in [5.41, 5.74) is 18.2. The van der Waals surface area contributed by atoms with Crippen molar-refractivity contribution in [2.24, 2.45) is 0 Å². The largest absolute Gasteiger partial charge is 0.310 e. The molecule has 2 heterocycles. The number of anilines is 3. The molecule has 0 spiro atoms. The van der Waals surface area contributed by atoms with Crippen molar-refractivity contribution in [3.05, 3.63) is 236 Å². The number of benzene rings is 10. The molecule has 0 N–H and O–H groups in total. The second kappa shape index (κ2) is 13.9. The lowest BCUT2D eigenvalue weighted by Gasteiger charge is -2.28. The molecular weight excluding hydrogens is 775 g/mol. The number of hydrogen-bond acceptors (Lipinski definition) is 1. The Balaban J connectivity index is 0.971. The molecule has 64 heavy (non-hydrogen) atoms. The molecule has 0 aliphatic heterocycles. The van der Waals surface area contributed by atoms with Crippen LogP contribution in [0.15, 0.2) is 224 Å². The summed E-state index contributed by atoms with van der Waals surface area (Å²) < 4.78 is 4.88. The minimum atomic E-state index is -0.103. The minimum absolute atomic E-state index is 0.103. The van der Waals surface area contributed by atoms with Gasteiger partial charge in [0, 0.05) is 55.4 Å². The summed E-state index contributed by atoms with van der Waals surface area (Å²) in [7, 11) is 0. The summed E-state index contributed by atoms with van der Waals surface area (Å²) in [5.74, 6) is 0. The molecule has 302 valence electrons. The first-order valence-corrected chi connectivity index (χ1v) is 22.3. The fourth-order valence-corrected chi connectivity index (χ4v) is 10.8. The topological polar surface area (TPSA) is 13.1 Å². The van der Waals surface area contributed by atoms with Gasteiger partial charge >= 0.3 is 0 Å². The fourth-order valence-electron chi connectivity index (χ4n) is 10.8. The van der Waals surface area contributed by atoms with E-state index < -0.39 is 0 Å². The second-order valence-electron chi connectivity index (χ2n) is 17.8. The molecule has 0 saturated heterocycles. The first-order valence-electron chi connectivity index (χ1n) is 22.3. The lowest BCUT2D eigenvalue weighted by molar-refractivity contribution is 0.660. The normalized spacial score (nSPS) is 13.0. The molecule has 0 amide bonds. The fraction of sp³-hybridized carbons (Fsp3) is 0.0492. The van der Waals surface area contributed by atoms with Crippen molar-refractivity contribution in [3.8, 4) is 33.6 Å². The van der Waals surface area contributed by atoms with Crippen LogP contribution in [-0.2, 0) is 5.41 Å². The lowest BCUT2D eigenvalue weighted by atomic mass is 9.82. The highest BCUT2D eigenvalue weighted by atomic mass is 15.1. The van der Waals surface area contributed by atoms with E-state index in [1.165, 1.54) is 87.8 Å². The highest BCUT2D eigenvalue weighted by molar-refractivity contribution is 6.26. The van der Waals surface area contributed by atoms with E-state index >= 15 is 0 Å². The second-order valence-corrected chi connectivity index (χ2v) is 17.8. The van der Waals surface area contributed by atoms with Crippen LogP contribution in [0.1, 0.15) is 25.0 Å². The van der Waals surface area contributed by atoms with Gasteiger partial charge in [-0.2, -0.15) is 0 Å². The molecule has 3 nitrogen and oxygen atoms in total. The smallest absolute Gasteiger partial charge is 0.0641 e. The van der Waals surface area contributed by atoms with Gasteiger partial charge in [-0.15, -0.1) is 0 Å². The van der Waals surface area contributed by atoms with E-state index in [1.54, 1.807) is 0 Å². The Morgan fingerprint density at radius 2 is 0.953 bits per heavy atom. The Morgan fingerprint density at radius 1 is 0.359 bits per heavy atom. The van der Waals surface area contributed by atoms with Crippen LogP contribution in [0.4, 0.5) is 17.1 Å². The van der Waals surface area contributed by atoms with E-state index in [1.807, 2.05) is 0 Å². The molecule has 0 saturated carbocycles. The van der Waals surface area contributed by atoms with Gasteiger partial charge in [0.25, 0.3) is 0 Å². The first kappa shape index (κ1) is 36.5. The van der Waals surface area contributed by atoms with Gasteiger partial charge in [0.05, 0.1) is 22.1 Å². The molecule has 0 fully saturated rings. The van der Waals surface area contributed by atoms with Crippen molar-refractivity contribution in [2.75, 3.05) is 4.90 Å². The van der Waals surface area contributed by atoms with E-state index in [9.17, 15) is 0 Å². The van der Waals surface area contributed by atoms with Gasteiger partial charge in [0.15, 0.2) is 0 Å².